The number of aliphatic hydroxyl groups excluding tert-OH is 2. The molecular formula is C87H173NO5. The van der Waals surface area contributed by atoms with Crippen molar-refractivity contribution in [3.05, 3.63) is 0 Å². The number of hydrogen-bond acceptors (Lipinski definition) is 5. The molecule has 93 heavy (non-hydrogen) atoms. The summed E-state index contributed by atoms with van der Waals surface area (Å²) in [4.78, 5) is 24.7. The third-order valence-electron chi connectivity index (χ3n) is 21.2. The molecule has 0 aromatic heterocycles. The van der Waals surface area contributed by atoms with Gasteiger partial charge in [0.25, 0.3) is 0 Å². The fourth-order valence-electron chi connectivity index (χ4n) is 14.5. The molecule has 2 atom stereocenters. The number of rotatable bonds is 84. The minimum atomic E-state index is -0.661. The van der Waals surface area contributed by atoms with Crippen LogP contribution in [0.4, 0.5) is 0 Å². The Bertz CT molecular complexity index is 1370. The van der Waals surface area contributed by atoms with Crippen molar-refractivity contribution in [1.82, 2.24) is 5.32 Å². The van der Waals surface area contributed by atoms with Gasteiger partial charge in [-0.2, -0.15) is 0 Å². The average molecular weight is 1310 g/mol. The predicted molar refractivity (Wildman–Crippen MR) is 412 cm³/mol. The highest BCUT2D eigenvalue weighted by Gasteiger charge is 2.20. The van der Waals surface area contributed by atoms with E-state index in [2.05, 4.69) is 19.2 Å². The standard InChI is InChI=1S/C87H173NO5/c1-3-5-7-9-11-13-15-17-19-21-23-24-38-41-44-47-51-55-59-63-67-71-75-79-85(90)84(83-89)88-86(91)80-76-72-68-64-60-56-52-48-45-42-39-36-34-32-30-28-26-25-27-29-31-33-35-37-40-43-46-50-54-58-62-66-70-74-78-82-93-87(92)81-77-73-69-65-61-57-53-49-22-20-18-16-14-12-10-8-6-4-2/h84-85,89-90H,3-83H2,1-2H3,(H,88,91). The molecule has 1 amide bonds. The first-order valence-electron chi connectivity index (χ1n) is 43.8. The van der Waals surface area contributed by atoms with Crippen LogP contribution in [0, 0.1) is 0 Å². The van der Waals surface area contributed by atoms with Gasteiger partial charge in [-0.15, -0.1) is 0 Å². The third kappa shape index (κ3) is 79.7. The van der Waals surface area contributed by atoms with E-state index in [1.807, 2.05) is 0 Å². The van der Waals surface area contributed by atoms with Gasteiger partial charge in [0.2, 0.25) is 5.91 Å². The summed E-state index contributed by atoms with van der Waals surface area (Å²) >= 11 is 0. The van der Waals surface area contributed by atoms with Crippen LogP contribution in [0.2, 0.25) is 0 Å². The maximum absolute atomic E-state index is 12.6. The van der Waals surface area contributed by atoms with E-state index in [1.54, 1.807) is 0 Å². The van der Waals surface area contributed by atoms with Crippen LogP contribution in [0.15, 0.2) is 0 Å². The van der Waals surface area contributed by atoms with Crippen LogP contribution in [0.25, 0.3) is 0 Å². The Morgan fingerprint density at radius 2 is 0.441 bits per heavy atom. The van der Waals surface area contributed by atoms with Crippen molar-refractivity contribution in [2.24, 2.45) is 0 Å². The molecule has 0 spiro atoms. The lowest BCUT2D eigenvalue weighted by molar-refractivity contribution is -0.143. The van der Waals surface area contributed by atoms with Gasteiger partial charge in [-0.3, -0.25) is 9.59 Å². The van der Waals surface area contributed by atoms with Gasteiger partial charge >= 0.3 is 5.97 Å². The van der Waals surface area contributed by atoms with E-state index in [9.17, 15) is 19.8 Å². The van der Waals surface area contributed by atoms with Crippen molar-refractivity contribution in [3.63, 3.8) is 0 Å². The van der Waals surface area contributed by atoms with Crippen molar-refractivity contribution >= 4 is 11.9 Å². The lowest BCUT2D eigenvalue weighted by Gasteiger charge is -2.22. The minimum Gasteiger partial charge on any atom is -0.466 e. The maximum atomic E-state index is 12.6. The van der Waals surface area contributed by atoms with E-state index in [4.69, 9.17) is 4.74 Å². The zero-order chi connectivity index (χ0) is 67.0. The fourth-order valence-corrected chi connectivity index (χ4v) is 14.5. The fraction of sp³-hybridized carbons (Fsp3) is 0.977. The Balaban J connectivity index is 3.30. The van der Waals surface area contributed by atoms with E-state index < -0.39 is 12.1 Å². The van der Waals surface area contributed by atoms with Gasteiger partial charge in [-0.1, -0.05) is 483 Å². The van der Waals surface area contributed by atoms with Gasteiger partial charge in [0.05, 0.1) is 25.4 Å². The molecule has 0 fully saturated rings. The van der Waals surface area contributed by atoms with E-state index in [-0.39, 0.29) is 18.5 Å². The normalized spacial score (nSPS) is 12.3. The first-order valence-corrected chi connectivity index (χ1v) is 43.8. The predicted octanol–water partition coefficient (Wildman–Crippen LogP) is 29.2. The second-order valence-corrected chi connectivity index (χ2v) is 30.6. The van der Waals surface area contributed by atoms with Crippen LogP contribution in [-0.2, 0) is 14.3 Å². The molecule has 2 unspecified atom stereocenters. The first kappa shape index (κ1) is 91.9. The largest absolute Gasteiger partial charge is 0.466 e. The second-order valence-electron chi connectivity index (χ2n) is 30.6. The van der Waals surface area contributed by atoms with E-state index in [0.29, 0.717) is 25.9 Å². The number of hydrogen-bond donors (Lipinski definition) is 3. The Morgan fingerprint density at radius 3 is 0.656 bits per heavy atom. The van der Waals surface area contributed by atoms with Crippen LogP contribution in [0.5, 0.6) is 0 Å². The Morgan fingerprint density at radius 1 is 0.258 bits per heavy atom. The van der Waals surface area contributed by atoms with Crippen molar-refractivity contribution in [1.29, 1.82) is 0 Å². The number of esters is 1. The summed E-state index contributed by atoms with van der Waals surface area (Å²) in [5.74, 6) is 0.00608. The monoisotopic (exact) mass is 1310 g/mol. The lowest BCUT2D eigenvalue weighted by Crippen LogP contribution is -2.45. The molecular weight excluding hydrogens is 1140 g/mol. The minimum absolute atomic E-state index is 0.0227. The molecule has 0 saturated carbocycles. The van der Waals surface area contributed by atoms with Crippen molar-refractivity contribution < 1.29 is 24.5 Å². The number of carbonyl (C=O) groups excluding carboxylic acids is 2. The highest BCUT2D eigenvalue weighted by atomic mass is 16.5. The highest BCUT2D eigenvalue weighted by molar-refractivity contribution is 5.76. The van der Waals surface area contributed by atoms with Crippen molar-refractivity contribution in [2.75, 3.05) is 13.2 Å². The molecule has 3 N–H and O–H groups in total. The smallest absolute Gasteiger partial charge is 0.305 e. The molecule has 6 heteroatoms. The number of amides is 1. The van der Waals surface area contributed by atoms with Crippen LogP contribution in [-0.4, -0.2) is 47.4 Å². The summed E-state index contributed by atoms with van der Waals surface area (Å²) in [7, 11) is 0. The molecule has 556 valence electrons. The van der Waals surface area contributed by atoms with Crippen molar-refractivity contribution in [3.8, 4) is 0 Å². The van der Waals surface area contributed by atoms with Crippen LogP contribution < -0.4 is 5.32 Å². The molecule has 0 heterocycles. The topological polar surface area (TPSA) is 95.9 Å². The molecule has 0 rings (SSSR count). The summed E-state index contributed by atoms with van der Waals surface area (Å²) in [5.41, 5.74) is 0. The average Bonchev–Trinajstić information content (AvgIpc) is 3.78. The molecule has 0 aromatic rings. The molecule has 0 aliphatic rings. The van der Waals surface area contributed by atoms with Gasteiger partial charge in [0.1, 0.15) is 0 Å². The zero-order valence-electron chi connectivity index (χ0n) is 64.0. The van der Waals surface area contributed by atoms with Crippen LogP contribution >= 0.6 is 0 Å². The number of ether oxygens (including phenoxy) is 1. The second kappa shape index (κ2) is 83.3. The quantitative estimate of drug-likeness (QED) is 0.0417. The third-order valence-corrected chi connectivity index (χ3v) is 21.2. The van der Waals surface area contributed by atoms with Gasteiger partial charge in [-0.25, -0.2) is 0 Å². The van der Waals surface area contributed by atoms with Crippen molar-refractivity contribution in [2.45, 2.75) is 533 Å². The van der Waals surface area contributed by atoms with Gasteiger partial charge in [0.15, 0.2) is 0 Å². The van der Waals surface area contributed by atoms with E-state index in [1.165, 1.54) is 449 Å². The van der Waals surface area contributed by atoms with Gasteiger partial charge < -0.3 is 20.3 Å². The molecule has 0 aromatic carbocycles. The number of nitrogens with one attached hydrogen (secondary N) is 1. The first-order chi connectivity index (χ1) is 46.0. The highest BCUT2D eigenvalue weighted by Crippen LogP contribution is 2.22. The maximum Gasteiger partial charge on any atom is 0.305 e. The van der Waals surface area contributed by atoms with Gasteiger partial charge in [-0.05, 0) is 25.7 Å². The number of aliphatic hydroxyl groups is 2. The number of unbranched alkanes of at least 4 members (excludes halogenated alkanes) is 73. The lowest BCUT2D eigenvalue weighted by atomic mass is 10.0. The summed E-state index contributed by atoms with van der Waals surface area (Å²) in [6, 6.07) is -0.538. The zero-order valence-corrected chi connectivity index (χ0v) is 64.0. The van der Waals surface area contributed by atoms with Crippen LogP contribution in [0.3, 0.4) is 0 Å². The SMILES string of the molecule is CCCCCCCCCCCCCCCCCCCCCCCCCC(O)C(CO)NC(=O)CCCCCCCCCCCCCCCCCCCCCCCCCCCCCCCCCCCCCOC(=O)CCCCCCCCCCCCCCCCCCCC. The van der Waals surface area contributed by atoms with Gasteiger partial charge in [0, 0.05) is 12.8 Å². The molecule has 0 aliphatic carbocycles. The molecule has 0 aliphatic heterocycles. The van der Waals surface area contributed by atoms with E-state index in [0.717, 1.165) is 38.5 Å². The molecule has 6 nitrogen and oxygen atoms in total. The molecule has 0 saturated heterocycles. The van der Waals surface area contributed by atoms with Crippen LogP contribution in [0.1, 0.15) is 521 Å². The Labute approximate surface area is 585 Å². The van der Waals surface area contributed by atoms with E-state index >= 15 is 0 Å². The Hall–Kier alpha value is -1.14. The summed E-state index contributed by atoms with van der Waals surface area (Å²) in [5, 5.41) is 23.5. The summed E-state index contributed by atoms with van der Waals surface area (Å²) < 4.78 is 5.53. The Kier molecular flexibility index (Phi) is 82.3. The summed E-state index contributed by atoms with van der Waals surface area (Å²) in [6.07, 6.45) is 105. The molecule has 0 radical (unpaired) electrons. The number of carbonyl (C=O) groups is 2. The summed E-state index contributed by atoms with van der Waals surface area (Å²) in [6.45, 7) is 5.03. The molecule has 0 bridgehead atoms.